The number of aromatic nitrogens is 5. The molecule has 3 aromatic heterocycles. The van der Waals surface area contributed by atoms with Crippen LogP contribution in [0.5, 0.6) is 0 Å². The Balaban J connectivity index is 1.72. The SMILES string of the molecule is Cc1nc2cnc3[nH]ncc3c2n1C1CN(CCCC#N)CC1F. The Bertz CT molecular complexity index is 922. The van der Waals surface area contributed by atoms with Gasteiger partial charge in [-0.1, -0.05) is 0 Å². The lowest BCUT2D eigenvalue weighted by molar-refractivity contribution is 0.271. The van der Waals surface area contributed by atoms with E-state index >= 15 is 0 Å². The predicted molar refractivity (Wildman–Crippen MR) is 87.1 cm³/mol. The molecule has 0 amide bonds. The van der Waals surface area contributed by atoms with Crippen molar-refractivity contribution >= 4 is 22.1 Å². The molecule has 0 saturated carbocycles. The number of fused-ring (bicyclic) bond motifs is 3. The van der Waals surface area contributed by atoms with Gasteiger partial charge in [-0.05, 0) is 19.9 Å². The van der Waals surface area contributed by atoms with Crippen LogP contribution in [0.3, 0.4) is 0 Å². The van der Waals surface area contributed by atoms with Gasteiger partial charge in [0.05, 0.1) is 35.4 Å². The minimum Gasteiger partial charge on any atom is -0.320 e. The molecule has 1 N–H and O–H groups in total. The number of nitrogens with one attached hydrogen (secondary N) is 1. The average Bonchev–Trinajstić information content (AvgIpc) is 3.23. The summed E-state index contributed by atoms with van der Waals surface area (Å²) in [4.78, 5) is 10.9. The molecule has 1 fully saturated rings. The maximum atomic E-state index is 14.8. The Hall–Kier alpha value is -2.53. The van der Waals surface area contributed by atoms with Crippen molar-refractivity contribution in [3.63, 3.8) is 0 Å². The summed E-state index contributed by atoms with van der Waals surface area (Å²) in [5.41, 5.74) is 2.33. The summed E-state index contributed by atoms with van der Waals surface area (Å²) in [6.07, 6.45) is 3.74. The van der Waals surface area contributed by atoms with Crippen LogP contribution in [-0.4, -0.2) is 55.4 Å². The average molecular weight is 327 g/mol. The largest absolute Gasteiger partial charge is 0.320 e. The molecule has 7 nitrogen and oxygen atoms in total. The third kappa shape index (κ3) is 2.32. The highest BCUT2D eigenvalue weighted by Crippen LogP contribution is 2.32. The van der Waals surface area contributed by atoms with Crippen molar-refractivity contribution in [2.24, 2.45) is 0 Å². The van der Waals surface area contributed by atoms with Crippen molar-refractivity contribution in [1.29, 1.82) is 5.26 Å². The lowest BCUT2D eigenvalue weighted by Gasteiger charge is -2.18. The number of nitriles is 1. The van der Waals surface area contributed by atoms with Gasteiger partial charge in [0.2, 0.25) is 0 Å². The van der Waals surface area contributed by atoms with E-state index in [-0.39, 0.29) is 6.04 Å². The number of halogens is 1. The van der Waals surface area contributed by atoms with Crippen LogP contribution in [0.25, 0.3) is 22.1 Å². The van der Waals surface area contributed by atoms with Crippen LogP contribution in [-0.2, 0) is 0 Å². The highest BCUT2D eigenvalue weighted by molar-refractivity contribution is 6.00. The van der Waals surface area contributed by atoms with Crippen LogP contribution in [0.15, 0.2) is 12.4 Å². The number of rotatable bonds is 4. The van der Waals surface area contributed by atoms with Crippen molar-refractivity contribution in [1.82, 2.24) is 29.6 Å². The summed E-state index contributed by atoms with van der Waals surface area (Å²) >= 11 is 0. The maximum Gasteiger partial charge on any atom is 0.157 e. The number of pyridine rings is 1. The first-order valence-electron chi connectivity index (χ1n) is 8.09. The molecule has 3 aromatic rings. The summed E-state index contributed by atoms with van der Waals surface area (Å²) in [5.74, 6) is 0.784. The van der Waals surface area contributed by atoms with Gasteiger partial charge in [-0.2, -0.15) is 10.4 Å². The standard InChI is InChI=1S/C16H18FN7/c1-10-21-13-7-19-16-11(6-20-22-16)15(13)24(10)14-9-23(8-12(14)17)5-3-2-4-18/h6-7,12,14H,2-3,5,8-9H2,1H3,(H,19,20,22). The number of H-pyrrole nitrogens is 1. The fourth-order valence-electron chi connectivity index (χ4n) is 3.64. The zero-order valence-electron chi connectivity index (χ0n) is 13.4. The Morgan fingerprint density at radius 2 is 2.29 bits per heavy atom. The van der Waals surface area contributed by atoms with E-state index in [0.717, 1.165) is 35.2 Å². The highest BCUT2D eigenvalue weighted by Gasteiger charge is 2.35. The van der Waals surface area contributed by atoms with E-state index in [9.17, 15) is 4.39 Å². The number of alkyl halides is 1. The van der Waals surface area contributed by atoms with Crippen LogP contribution >= 0.6 is 0 Å². The molecule has 1 saturated heterocycles. The van der Waals surface area contributed by atoms with Gasteiger partial charge in [-0.15, -0.1) is 0 Å². The Labute approximate surface area is 138 Å². The number of nitrogens with zero attached hydrogens (tertiary/aromatic N) is 6. The molecule has 0 aromatic carbocycles. The van der Waals surface area contributed by atoms with E-state index in [1.165, 1.54) is 0 Å². The number of aromatic amines is 1. The van der Waals surface area contributed by atoms with E-state index in [2.05, 4.69) is 31.1 Å². The summed E-state index contributed by atoms with van der Waals surface area (Å²) in [6.45, 7) is 3.67. The molecule has 8 heteroatoms. The molecule has 24 heavy (non-hydrogen) atoms. The maximum absolute atomic E-state index is 14.8. The summed E-state index contributed by atoms with van der Waals surface area (Å²) in [5, 5.41) is 16.4. The number of likely N-dealkylation sites (tertiary alicyclic amines) is 1. The molecular weight excluding hydrogens is 309 g/mol. The lowest BCUT2D eigenvalue weighted by Crippen LogP contribution is -2.23. The van der Waals surface area contributed by atoms with Crippen molar-refractivity contribution in [2.45, 2.75) is 32.0 Å². The van der Waals surface area contributed by atoms with Gasteiger partial charge in [0, 0.05) is 19.5 Å². The van der Waals surface area contributed by atoms with Crippen molar-refractivity contribution < 1.29 is 4.39 Å². The molecule has 0 radical (unpaired) electrons. The molecule has 0 spiro atoms. The Kier molecular flexibility index (Phi) is 3.65. The van der Waals surface area contributed by atoms with Gasteiger partial charge in [0.25, 0.3) is 0 Å². The topological polar surface area (TPSA) is 86.4 Å². The Morgan fingerprint density at radius 1 is 1.42 bits per heavy atom. The molecule has 4 rings (SSSR count). The van der Waals surface area contributed by atoms with Crippen LogP contribution in [0.1, 0.15) is 24.7 Å². The minimum absolute atomic E-state index is 0.280. The Morgan fingerprint density at radius 3 is 3.12 bits per heavy atom. The zero-order valence-corrected chi connectivity index (χ0v) is 13.4. The fraction of sp³-hybridized carbons (Fsp3) is 0.500. The quantitative estimate of drug-likeness (QED) is 0.742. The smallest absolute Gasteiger partial charge is 0.157 e. The third-order valence-corrected chi connectivity index (χ3v) is 4.69. The molecular formula is C16H18FN7. The highest BCUT2D eigenvalue weighted by atomic mass is 19.1. The van der Waals surface area contributed by atoms with Gasteiger partial charge in [0.15, 0.2) is 5.65 Å². The first-order chi connectivity index (χ1) is 11.7. The molecule has 1 aliphatic rings. The van der Waals surface area contributed by atoms with Crippen molar-refractivity contribution in [2.75, 3.05) is 19.6 Å². The van der Waals surface area contributed by atoms with Gasteiger partial charge < -0.3 is 4.57 Å². The van der Waals surface area contributed by atoms with Gasteiger partial charge in [-0.3, -0.25) is 10.00 Å². The second-order valence-corrected chi connectivity index (χ2v) is 6.26. The van der Waals surface area contributed by atoms with Crippen molar-refractivity contribution in [3.05, 3.63) is 18.2 Å². The first-order valence-corrected chi connectivity index (χ1v) is 8.09. The molecule has 2 atom stereocenters. The monoisotopic (exact) mass is 327 g/mol. The molecule has 0 bridgehead atoms. The van der Waals surface area contributed by atoms with Crippen LogP contribution in [0.4, 0.5) is 4.39 Å². The third-order valence-electron chi connectivity index (χ3n) is 4.69. The first kappa shape index (κ1) is 15.0. The number of hydrogen-bond donors (Lipinski definition) is 1. The lowest BCUT2D eigenvalue weighted by atomic mass is 10.2. The van der Waals surface area contributed by atoms with E-state index in [4.69, 9.17) is 5.26 Å². The van der Waals surface area contributed by atoms with E-state index in [1.54, 1.807) is 12.4 Å². The molecule has 124 valence electrons. The number of hydrogen-bond acceptors (Lipinski definition) is 5. The normalized spacial score (nSPS) is 21.7. The van der Waals surface area contributed by atoms with E-state index in [0.29, 0.717) is 25.2 Å². The van der Waals surface area contributed by atoms with E-state index < -0.39 is 6.17 Å². The molecule has 0 aliphatic carbocycles. The number of unbranched alkanes of at least 4 members (excludes halogenated alkanes) is 1. The van der Waals surface area contributed by atoms with Gasteiger partial charge in [0.1, 0.15) is 17.5 Å². The fourth-order valence-corrected chi connectivity index (χ4v) is 3.64. The molecule has 4 heterocycles. The second-order valence-electron chi connectivity index (χ2n) is 6.26. The molecule has 2 unspecified atom stereocenters. The minimum atomic E-state index is -0.960. The predicted octanol–water partition coefficient (Wildman–Crippen LogP) is 2.11. The van der Waals surface area contributed by atoms with Gasteiger partial charge in [-0.25, -0.2) is 14.4 Å². The van der Waals surface area contributed by atoms with Crippen molar-refractivity contribution in [3.8, 4) is 6.07 Å². The van der Waals surface area contributed by atoms with Crippen LogP contribution in [0.2, 0.25) is 0 Å². The summed E-state index contributed by atoms with van der Waals surface area (Å²) < 4.78 is 16.7. The van der Waals surface area contributed by atoms with E-state index in [1.807, 2.05) is 11.5 Å². The second kappa shape index (κ2) is 5.83. The van der Waals surface area contributed by atoms with Gasteiger partial charge >= 0.3 is 0 Å². The van der Waals surface area contributed by atoms with Crippen LogP contribution in [0, 0.1) is 18.3 Å². The number of aryl methyl sites for hydroxylation is 1. The summed E-state index contributed by atoms with van der Waals surface area (Å²) in [7, 11) is 0. The number of imidazole rings is 1. The molecule has 1 aliphatic heterocycles. The zero-order chi connectivity index (χ0) is 16.7. The van der Waals surface area contributed by atoms with Crippen LogP contribution < -0.4 is 0 Å². The summed E-state index contributed by atoms with van der Waals surface area (Å²) in [6, 6.07) is 1.86.